The molecule has 0 unspecified atom stereocenters. The summed E-state index contributed by atoms with van der Waals surface area (Å²) < 4.78 is 28.5. The van der Waals surface area contributed by atoms with E-state index in [1.54, 1.807) is 36.4 Å². The van der Waals surface area contributed by atoms with Gasteiger partial charge in [0.2, 0.25) is 5.12 Å². The monoisotopic (exact) mass is 369 g/mol. The second-order valence-electron chi connectivity index (χ2n) is 6.08. The molecule has 0 spiro atoms. The quantitative estimate of drug-likeness (QED) is 0.738. The Labute approximate surface area is 150 Å². The summed E-state index contributed by atoms with van der Waals surface area (Å²) in [5.41, 5.74) is 3.21. The van der Waals surface area contributed by atoms with Gasteiger partial charge in [0, 0.05) is 26.9 Å². The number of rotatable bonds is 3. The van der Waals surface area contributed by atoms with Crippen molar-refractivity contribution in [1.29, 1.82) is 0 Å². The van der Waals surface area contributed by atoms with Gasteiger partial charge in [0.25, 0.3) is 10.0 Å². The molecule has 3 aromatic rings. The maximum atomic E-state index is 12.9. The summed E-state index contributed by atoms with van der Waals surface area (Å²) in [6, 6.07) is 13.9. The summed E-state index contributed by atoms with van der Waals surface area (Å²) >= 11 is 1.14. The lowest BCUT2D eigenvalue weighted by atomic mass is 10.1. The molecular formula is C19H15NO3S2. The van der Waals surface area contributed by atoms with Gasteiger partial charge in [0.1, 0.15) is 0 Å². The first kappa shape index (κ1) is 16.2. The van der Waals surface area contributed by atoms with E-state index in [9.17, 15) is 13.2 Å². The SMILES string of the molecule is Cc1ccc(NS(=O)(=O)c2ccc3c4c(cccc24)C(=O)S3)cc1C. The number of carbonyl (C=O) groups excluding carboxylic acids is 1. The molecule has 0 atom stereocenters. The molecule has 4 rings (SSSR count). The van der Waals surface area contributed by atoms with Gasteiger partial charge in [-0.1, -0.05) is 18.2 Å². The van der Waals surface area contributed by atoms with E-state index in [4.69, 9.17) is 0 Å². The van der Waals surface area contributed by atoms with Gasteiger partial charge in [-0.2, -0.15) is 0 Å². The standard InChI is InChI=1S/C19H15NO3S2/c1-11-6-7-13(10-12(11)2)20-25(22,23)17-9-8-16-18-14(17)4-3-5-15(18)19(21)24-16/h3-10,20H,1-2H3. The van der Waals surface area contributed by atoms with Crippen LogP contribution in [0.15, 0.2) is 58.3 Å². The van der Waals surface area contributed by atoms with Crippen molar-refractivity contribution in [3.8, 4) is 0 Å². The first-order chi connectivity index (χ1) is 11.9. The smallest absolute Gasteiger partial charge is 0.262 e. The fourth-order valence-corrected chi connectivity index (χ4v) is 5.20. The number of aryl methyl sites for hydroxylation is 2. The van der Waals surface area contributed by atoms with Gasteiger partial charge in [-0.15, -0.1) is 0 Å². The molecule has 126 valence electrons. The zero-order valence-corrected chi connectivity index (χ0v) is 15.3. The van der Waals surface area contributed by atoms with Gasteiger partial charge in [0.15, 0.2) is 0 Å². The van der Waals surface area contributed by atoms with E-state index >= 15 is 0 Å². The third-order valence-electron chi connectivity index (χ3n) is 4.43. The van der Waals surface area contributed by atoms with Crippen molar-refractivity contribution in [3.63, 3.8) is 0 Å². The summed E-state index contributed by atoms with van der Waals surface area (Å²) in [5, 5.41) is 1.25. The van der Waals surface area contributed by atoms with Crippen LogP contribution in [0.2, 0.25) is 0 Å². The number of hydrogen-bond donors (Lipinski definition) is 1. The van der Waals surface area contributed by atoms with Gasteiger partial charge < -0.3 is 0 Å². The molecule has 0 bridgehead atoms. The Morgan fingerprint density at radius 1 is 0.960 bits per heavy atom. The second kappa shape index (κ2) is 5.61. The van der Waals surface area contributed by atoms with Crippen molar-refractivity contribution in [2.24, 2.45) is 0 Å². The van der Waals surface area contributed by atoms with Gasteiger partial charge >= 0.3 is 0 Å². The lowest BCUT2D eigenvalue weighted by Crippen LogP contribution is -2.13. The molecule has 1 heterocycles. The Balaban J connectivity index is 1.85. The molecule has 0 radical (unpaired) electrons. The van der Waals surface area contributed by atoms with Crippen LogP contribution < -0.4 is 4.72 Å². The summed E-state index contributed by atoms with van der Waals surface area (Å²) in [5.74, 6) is 0. The minimum absolute atomic E-state index is 0.0442. The summed E-state index contributed by atoms with van der Waals surface area (Å²) in [6.45, 7) is 3.92. The highest BCUT2D eigenvalue weighted by atomic mass is 32.2. The Bertz CT molecular complexity index is 1150. The van der Waals surface area contributed by atoms with Crippen LogP contribution in [0.25, 0.3) is 10.8 Å². The maximum absolute atomic E-state index is 12.9. The molecule has 3 aromatic carbocycles. The maximum Gasteiger partial charge on any atom is 0.262 e. The molecule has 0 aromatic heterocycles. The number of benzene rings is 3. The van der Waals surface area contributed by atoms with Gasteiger partial charge in [-0.05, 0) is 67.1 Å². The van der Waals surface area contributed by atoms with Crippen molar-refractivity contribution in [2.75, 3.05) is 4.72 Å². The van der Waals surface area contributed by atoms with Crippen LogP contribution in [0.1, 0.15) is 21.5 Å². The van der Waals surface area contributed by atoms with Crippen LogP contribution in [0, 0.1) is 13.8 Å². The molecule has 1 N–H and O–H groups in total. The topological polar surface area (TPSA) is 63.2 Å². The molecule has 0 fully saturated rings. The van der Waals surface area contributed by atoms with Crippen LogP contribution in [0.4, 0.5) is 5.69 Å². The third-order valence-corrected chi connectivity index (χ3v) is 6.84. The zero-order valence-electron chi connectivity index (χ0n) is 13.7. The molecular weight excluding hydrogens is 354 g/mol. The molecule has 4 nitrogen and oxygen atoms in total. The summed E-state index contributed by atoms with van der Waals surface area (Å²) in [7, 11) is -3.76. The van der Waals surface area contributed by atoms with E-state index in [0.29, 0.717) is 16.6 Å². The van der Waals surface area contributed by atoms with Crippen LogP contribution in [0.3, 0.4) is 0 Å². The van der Waals surface area contributed by atoms with Crippen LogP contribution >= 0.6 is 11.8 Å². The van der Waals surface area contributed by atoms with Gasteiger partial charge in [-0.25, -0.2) is 8.42 Å². The van der Waals surface area contributed by atoms with Crippen LogP contribution in [-0.4, -0.2) is 13.5 Å². The van der Waals surface area contributed by atoms with Gasteiger partial charge in [-0.3, -0.25) is 9.52 Å². The van der Waals surface area contributed by atoms with Crippen LogP contribution in [0.5, 0.6) is 0 Å². The highest BCUT2D eigenvalue weighted by Gasteiger charge is 2.27. The number of thioether (sulfide) groups is 1. The van der Waals surface area contributed by atoms with Crippen molar-refractivity contribution in [1.82, 2.24) is 0 Å². The lowest BCUT2D eigenvalue weighted by molar-refractivity contribution is 0.109. The average molecular weight is 369 g/mol. The molecule has 1 aliphatic rings. The summed E-state index contributed by atoms with van der Waals surface area (Å²) in [4.78, 5) is 13.1. The minimum atomic E-state index is -3.76. The van der Waals surface area contributed by atoms with E-state index in [-0.39, 0.29) is 10.0 Å². The molecule has 0 saturated carbocycles. The summed E-state index contributed by atoms with van der Waals surface area (Å²) in [6.07, 6.45) is 0. The number of carbonyl (C=O) groups is 1. The van der Waals surface area contributed by atoms with Crippen molar-refractivity contribution >= 4 is 43.4 Å². The van der Waals surface area contributed by atoms with Crippen molar-refractivity contribution < 1.29 is 13.2 Å². The Morgan fingerprint density at radius 2 is 1.76 bits per heavy atom. The Hall–Kier alpha value is -2.31. The largest absolute Gasteiger partial charge is 0.281 e. The molecule has 0 saturated heterocycles. The van der Waals surface area contributed by atoms with E-state index in [1.807, 2.05) is 26.0 Å². The Kier molecular flexibility index (Phi) is 3.63. The van der Waals surface area contributed by atoms with Gasteiger partial charge in [0.05, 0.1) is 4.90 Å². The lowest BCUT2D eigenvalue weighted by Gasteiger charge is -2.12. The first-order valence-corrected chi connectivity index (χ1v) is 10.0. The normalized spacial score (nSPS) is 13.4. The number of nitrogens with one attached hydrogen (secondary N) is 1. The molecule has 6 heteroatoms. The predicted molar refractivity (Wildman–Crippen MR) is 101 cm³/mol. The molecule has 25 heavy (non-hydrogen) atoms. The van der Waals surface area contributed by atoms with Crippen molar-refractivity contribution in [3.05, 3.63) is 65.2 Å². The first-order valence-electron chi connectivity index (χ1n) is 7.75. The average Bonchev–Trinajstić information content (AvgIpc) is 2.89. The molecule has 0 amide bonds. The fourth-order valence-electron chi connectivity index (χ4n) is 3.01. The predicted octanol–water partition coefficient (Wildman–Crippen LogP) is 4.50. The number of sulfonamides is 1. The van der Waals surface area contributed by atoms with Crippen LogP contribution in [-0.2, 0) is 10.0 Å². The second-order valence-corrected chi connectivity index (χ2v) is 8.75. The van der Waals surface area contributed by atoms with E-state index in [0.717, 1.165) is 33.2 Å². The minimum Gasteiger partial charge on any atom is -0.281 e. The van der Waals surface area contributed by atoms with E-state index in [2.05, 4.69) is 4.72 Å². The fraction of sp³-hybridized carbons (Fsp3) is 0.105. The van der Waals surface area contributed by atoms with E-state index in [1.165, 1.54) is 0 Å². The van der Waals surface area contributed by atoms with Crippen molar-refractivity contribution in [2.45, 2.75) is 23.6 Å². The molecule has 0 aliphatic carbocycles. The number of anilines is 1. The molecule has 1 aliphatic heterocycles. The Morgan fingerprint density at radius 3 is 2.52 bits per heavy atom. The number of hydrogen-bond acceptors (Lipinski definition) is 4. The highest BCUT2D eigenvalue weighted by molar-refractivity contribution is 8.14. The van der Waals surface area contributed by atoms with E-state index < -0.39 is 10.0 Å². The highest BCUT2D eigenvalue weighted by Crippen LogP contribution is 2.42. The zero-order chi connectivity index (χ0) is 17.8. The third kappa shape index (κ3) is 2.62.